The SMILES string of the molecule is COC[C@@H](NC(/C(=C/CCO)C(C)C)c1ccccc1)c1ccccc1. The summed E-state index contributed by atoms with van der Waals surface area (Å²) in [5.74, 6) is 0.373. The van der Waals surface area contributed by atoms with Crippen LogP contribution in [0.1, 0.15) is 43.5 Å². The first-order valence-electron chi connectivity index (χ1n) is 9.33. The lowest BCUT2D eigenvalue weighted by molar-refractivity contribution is 0.162. The molecule has 0 heterocycles. The van der Waals surface area contributed by atoms with Crippen LogP contribution in [0.25, 0.3) is 0 Å². The molecule has 0 spiro atoms. The van der Waals surface area contributed by atoms with Crippen LogP contribution in [-0.4, -0.2) is 25.4 Å². The molecule has 2 aromatic rings. The first-order valence-corrected chi connectivity index (χ1v) is 9.33. The first-order chi connectivity index (χ1) is 12.7. The van der Waals surface area contributed by atoms with Gasteiger partial charge in [-0.3, -0.25) is 5.32 Å². The fourth-order valence-corrected chi connectivity index (χ4v) is 3.24. The molecule has 3 heteroatoms. The number of hydrogen-bond donors (Lipinski definition) is 2. The van der Waals surface area contributed by atoms with E-state index in [4.69, 9.17) is 4.74 Å². The van der Waals surface area contributed by atoms with Gasteiger partial charge < -0.3 is 9.84 Å². The van der Waals surface area contributed by atoms with Gasteiger partial charge in [0.1, 0.15) is 0 Å². The van der Waals surface area contributed by atoms with Gasteiger partial charge in [-0.25, -0.2) is 0 Å². The van der Waals surface area contributed by atoms with Crippen molar-refractivity contribution in [2.45, 2.75) is 32.4 Å². The normalized spacial score (nSPS) is 14.4. The molecule has 0 aliphatic carbocycles. The summed E-state index contributed by atoms with van der Waals surface area (Å²) in [7, 11) is 1.74. The maximum Gasteiger partial charge on any atom is 0.0657 e. The zero-order chi connectivity index (χ0) is 18.8. The quantitative estimate of drug-likeness (QED) is 0.610. The Morgan fingerprint density at radius 3 is 2.08 bits per heavy atom. The summed E-state index contributed by atoms with van der Waals surface area (Å²) < 4.78 is 5.49. The Hall–Kier alpha value is -1.94. The van der Waals surface area contributed by atoms with Gasteiger partial charge in [0.15, 0.2) is 0 Å². The topological polar surface area (TPSA) is 41.5 Å². The van der Waals surface area contributed by atoms with E-state index in [1.807, 2.05) is 12.1 Å². The average molecular weight is 354 g/mol. The van der Waals surface area contributed by atoms with Crippen molar-refractivity contribution in [2.24, 2.45) is 5.92 Å². The Kier molecular flexibility index (Phi) is 8.56. The number of benzene rings is 2. The molecule has 0 saturated heterocycles. The van der Waals surface area contributed by atoms with Crippen molar-refractivity contribution in [3.05, 3.63) is 83.4 Å². The van der Waals surface area contributed by atoms with Crippen molar-refractivity contribution in [1.29, 1.82) is 0 Å². The third-order valence-corrected chi connectivity index (χ3v) is 4.55. The van der Waals surface area contributed by atoms with Crippen LogP contribution in [-0.2, 0) is 4.74 Å². The minimum atomic E-state index is 0.0723. The minimum Gasteiger partial charge on any atom is -0.396 e. The van der Waals surface area contributed by atoms with E-state index in [1.165, 1.54) is 16.7 Å². The molecule has 2 N–H and O–H groups in total. The summed E-state index contributed by atoms with van der Waals surface area (Å²) in [6, 6.07) is 21.1. The van der Waals surface area contributed by atoms with Gasteiger partial charge in [-0.1, -0.05) is 86.2 Å². The predicted molar refractivity (Wildman–Crippen MR) is 108 cm³/mol. The van der Waals surface area contributed by atoms with Crippen LogP contribution in [0.3, 0.4) is 0 Å². The smallest absolute Gasteiger partial charge is 0.0657 e. The Balaban J connectivity index is 2.39. The number of nitrogens with one attached hydrogen (secondary N) is 1. The van der Waals surface area contributed by atoms with Gasteiger partial charge in [0, 0.05) is 13.7 Å². The fourth-order valence-electron chi connectivity index (χ4n) is 3.24. The molecular formula is C23H31NO2. The monoisotopic (exact) mass is 353 g/mol. The van der Waals surface area contributed by atoms with Crippen molar-refractivity contribution in [3.8, 4) is 0 Å². The maximum atomic E-state index is 9.31. The molecule has 0 aromatic heterocycles. The van der Waals surface area contributed by atoms with Crippen molar-refractivity contribution < 1.29 is 9.84 Å². The summed E-state index contributed by atoms with van der Waals surface area (Å²) in [6.07, 6.45) is 2.84. The lowest BCUT2D eigenvalue weighted by atomic mass is 9.88. The van der Waals surface area contributed by atoms with Gasteiger partial charge in [0.2, 0.25) is 0 Å². The van der Waals surface area contributed by atoms with E-state index in [9.17, 15) is 5.11 Å². The second-order valence-electron chi connectivity index (χ2n) is 6.80. The molecule has 1 unspecified atom stereocenters. The molecule has 0 saturated carbocycles. The van der Waals surface area contributed by atoms with Crippen LogP contribution >= 0.6 is 0 Å². The Labute approximate surface area is 157 Å². The highest BCUT2D eigenvalue weighted by Crippen LogP contribution is 2.31. The maximum absolute atomic E-state index is 9.31. The number of hydrogen-bond acceptors (Lipinski definition) is 3. The molecule has 140 valence electrons. The molecule has 0 radical (unpaired) electrons. The third kappa shape index (κ3) is 5.80. The molecule has 0 bridgehead atoms. The lowest BCUT2D eigenvalue weighted by Crippen LogP contribution is -2.32. The molecule has 2 atom stereocenters. The second kappa shape index (κ2) is 10.9. The van der Waals surface area contributed by atoms with Crippen LogP contribution in [0.5, 0.6) is 0 Å². The summed E-state index contributed by atoms with van der Waals surface area (Å²) in [4.78, 5) is 0. The van der Waals surface area contributed by atoms with Crippen molar-refractivity contribution in [3.63, 3.8) is 0 Å². The molecule has 0 aliphatic rings. The summed E-state index contributed by atoms with van der Waals surface area (Å²) in [5.41, 5.74) is 3.73. The Morgan fingerprint density at radius 2 is 1.58 bits per heavy atom. The zero-order valence-corrected chi connectivity index (χ0v) is 16.1. The number of aliphatic hydroxyl groups excluding tert-OH is 1. The van der Waals surface area contributed by atoms with Crippen molar-refractivity contribution in [2.75, 3.05) is 20.3 Å². The van der Waals surface area contributed by atoms with Crippen LogP contribution < -0.4 is 5.32 Å². The first kappa shape index (κ1) is 20.4. The number of rotatable bonds is 10. The van der Waals surface area contributed by atoms with Crippen LogP contribution in [0.15, 0.2) is 72.3 Å². The van der Waals surface area contributed by atoms with Gasteiger partial charge in [-0.2, -0.15) is 0 Å². The lowest BCUT2D eigenvalue weighted by Gasteiger charge is -2.30. The van der Waals surface area contributed by atoms with Gasteiger partial charge >= 0.3 is 0 Å². The van der Waals surface area contributed by atoms with E-state index >= 15 is 0 Å². The molecule has 0 amide bonds. The third-order valence-electron chi connectivity index (χ3n) is 4.55. The molecule has 0 aliphatic heterocycles. The molecule has 26 heavy (non-hydrogen) atoms. The number of methoxy groups -OCH3 is 1. The Bertz CT molecular complexity index is 652. The van der Waals surface area contributed by atoms with Gasteiger partial charge in [0.25, 0.3) is 0 Å². The molecule has 2 aromatic carbocycles. The van der Waals surface area contributed by atoms with E-state index in [0.29, 0.717) is 18.9 Å². The summed E-state index contributed by atoms with van der Waals surface area (Å²) >= 11 is 0. The fraction of sp³-hybridized carbons (Fsp3) is 0.391. The number of ether oxygens (including phenoxy) is 1. The molecule has 2 rings (SSSR count). The number of aliphatic hydroxyl groups is 1. The van der Waals surface area contributed by atoms with Crippen LogP contribution in [0.4, 0.5) is 0 Å². The van der Waals surface area contributed by atoms with Crippen LogP contribution in [0, 0.1) is 5.92 Å². The Morgan fingerprint density at radius 1 is 1.00 bits per heavy atom. The van der Waals surface area contributed by atoms with E-state index in [0.717, 1.165) is 0 Å². The van der Waals surface area contributed by atoms with E-state index in [-0.39, 0.29) is 18.7 Å². The summed E-state index contributed by atoms with van der Waals surface area (Å²) in [5, 5.41) is 13.1. The standard InChI is InChI=1S/C23H31NO2/c1-18(2)21(15-10-16-25)23(20-13-8-5-9-14-20)24-22(17-26-3)19-11-6-4-7-12-19/h4-9,11-15,18,22-25H,10,16-17H2,1-3H3/b21-15+/t22-,23?/m1/s1. The van der Waals surface area contributed by atoms with E-state index in [1.54, 1.807) is 7.11 Å². The van der Waals surface area contributed by atoms with Gasteiger partial charge in [-0.05, 0) is 23.5 Å². The highest BCUT2D eigenvalue weighted by molar-refractivity contribution is 5.31. The molecular weight excluding hydrogens is 322 g/mol. The van der Waals surface area contributed by atoms with Gasteiger partial charge in [-0.15, -0.1) is 0 Å². The minimum absolute atomic E-state index is 0.0723. The van der Waals surface area contributed by atoms with Crippen molar-refractivity contribution in [1.82, 2.24) is 5.32 Å². The molecule has 0 fully saturated rings. The average Bonchev–Trinajstić information content (AvgIpc) is 2.67. The van der Waals surface area contributed by atoms with Gasteiger partial charge in [0.05, 0.1) is 18.7 Å². The summed E-state index contributed by atoms with van der Waals surface area (Å²) in [6.45, 7) is 5.17. The predicted octanol–water partition coefficient (Wildman–Crippen LogP) is 4.67. The van der Waals surface area contributed by atoms with E-state index in [2.05, 4.69) is 73.8 Å². The molecule has 3 nitrogen and oxygen atoms in total. The van der Waals surface area contributed by atoms with E-state index < -0.39 is 0 Å². The zero-order valence-electron chi connectivity index (χ0n) is 16.1. The van der Waals surface area contributed by atoms with Crippen molar-refractivity contribution >= 4 is 0 Å². The largest absolute Gasteiger partial charge is 0.396 e. The second-order valence-corrected chi connectivity index (χ2v) is 6.80. The van der Waals surface area contributed by atoms with Crippen LogP contribution in [0.2, 0.25) is 0 Å². The highest BCUT2D eigenvalue weighted by atomic mass is 16.5. The highest BCUT2D eigenvalue weighted by Gasteiger charge is 2.23.